The van der Waals surface area contributed by atoms with Crippen LogP contribution in [0.15, 0.2) is 16.7 Å². The number of piperazine rings is 1. The fourth-order valence-electron chi connectivity index (χ4n) is 3.03. The van der Waals surface area contributed by atoms with Gasteiger partial charge in [0.05, 0.1) is 12.2 Å². The van der Waals surface area contributed by atoms with Gasteiger partial charge in [0.1, 0.15) is 10.9 Å². The molecule has 1 fully saturated rings. The summed E-state index contributed by atoms with van der Waals surface area (Å²) in [5.74, 6) is 0.806. The number of hydrogen-bond donors (Lipinski definition) is 1. The van der Waals surface area contributed by atoms with Gasteiger partial charge in [-0.3, -0.25) is 19.2 Å². The maximum atomic E-state index is 12.4. The SMILES string of the molecule is Cc1cc(NC(=O)CN2CCN(C(=O)/C=C/c3c(C)nn(C)c3Cl)CC2)no1. The third-order valence-electron chi connectivity index (χ3n) is 4.54. The van der Waals surface area contributed by atoms with E-state index in [1.807, 2.05) is 11.8 Å². The summed E-state index contributed by atoms with van der Waals surface area (Å²) in [7, 11) is 1.76. The average molecular weight is 407 g/mol. The van der Waals surface area contributed by atoms with Crippen molar-refractivity contribution in [2.45, 2.75) is 13.8 Å². The molecule has 0 saturated carbocycles. The number of halogens is 1. The van der Waals surface area contributed by atoms with Crippen molar-refractivity contribution in [1.29, 1.82) is 0 Å². The van der Waals surface area contributed by atoms with Crippen LogP contribution in [0.1, 0.15) is 17.0 Å². The van der Waals surface area contributed by atoms with Crippen LogP contribution in [0.5, 0.6) is 0 Å². The quantitative estimate of drug-likeness (QED) is 0.755. The van der Waals surface area contributed by atoms with Gasteiger partial charge in [0.25, 0.3) is 0 Å². The van der Waals surface area contributed by atoms with Gasteiger partial charge in [-0.1, -0.05) is 16.8 Å². The van der Waals surface area contributed by atoms with Crippen LogP contribution < -0.4 is 5.32 Å². The lowest BCUT2D eigenvalue weighted by Gasteiger charge is -2.33. The Hall–Kier alpha value is -2.65. The molecular weight excluding hydrogens is 384 g/mol. The number of carbonyl (C=O) groups is 2. The largest absolute Gasteiger partial charge is 0.360 e. The predicted molar refractivity (Wildman–Crippen MR) is 105 cm³/mol. The van der Waals surface area contributed by atoms with Crippen LogP contribution in [0.4, 0.5) is 5.82 Å². The van der Waals surface area contributed by atoms with Crippen molar-refractivity contribution in [3.05, 3.63) is 34.3 Å². The normalized spacial score (nSPS) is 15.4. The molecule has 1 aliphatic heterocycles. The van der Waals surface area contributed by atoms with Crippen LogP contribution in [0, 0.1) is 13.8 Å². The number of anilines is 1. The summed E-state index contributed by atoms with van der Waals surface area (Å²) in [6, 6.07) is 1.66. The number of carbonyl (C=O) groups excluding carboxylic acids is 2. The Morgan fingerprint density at radius 1 is 1.29 bits per heavy atom. The summed E-state index contributed by atoms with van der Waals surface area (Å²) >= 11 is 6.18. The number of aryl methyl sites for hydroxylation is 3. The highest BCUT2D eigenvalue weighted by Crippen LogP contribution is 2.20. The van der Waals surface area contributed by atoms with Crippen LogP contribution in [-0.4, -0.2) is 69.3 Å². The minimum atomic E-state index is -0.158. The monoisotopic (exact) mass is 406 g/mol. The molecule has 9 nitrogen and oxygen atoms in total. The van der Waals surface area contributed by atoms with Crippen molar-refractivity contribution in [1.82, 2.24) is 24.7 Å². The maximum Gasteiger partial charge on any atom is 0.246 e. The van der Waals surface area contributed by atoms with E-state index in [4.69, 9.17) is 16.1 Å². The highest BCUT2D eigenvalue weighted by molar-refractivity contribution is 6.31. The molecule has 0 bridgehead atoms. The zero-order valence-electron chi connectivity index (χ0n) is 16.1. The van der Waals surface area contributed by atoms with Crippen molar-refractivity contribution >= 4 is 35.3 Å². The molecule has 0 unspecified atom stereocenters. The van der Waals surface area contributed by atoms with Crippen molar-refractivity contribution in [3.63, 3.8) is 0 Å². The van der Waals surface area contributed by atoms with E-state index in [0.717, 1.165) is 11.3 Å². The zero-order valence-corrected chi connectivity index (χ0v) is 16.9. The van der Waals surface area contributed by atoms with Crippen molar-refractivity contribution in [2.75, 3.05) is 38.0 Å². The van der Waals surface area contributed by atoms with E-state index < -0.39 is 0 Å². The molecule has 2 amide bonds. The fraction of sp³-hybridized carbons (Fsp3) is 0.444. The Kier molecular flexibility index (Phi) is 6.15. The second kappa shape index (κ2) is 8.57. The minimum absolute atomic E-state index is 0.0820. The molecule has 3 rings (SSSR count). The smallest absolute Gasteiger partial charge is 0.246 e. The molecule has 0 atom stereocenters. The summed E-state index contributed by atoms with van der Waals surface area (Å²) in [5.41, 5.74) is 1.52. The number of nitrogens with one attached hydrogen (secondary N) is 1. The molecule has 28 heavy (non-hydrogen) atoms. The Morgan fingerprint density at radius 3 is 2.57 bits per heavy atom. The molecule has 1 saturated heterocycles. The number of nitrogens with zero attached hydrogens (tertiary/aromatic N) is 5. The molecular formula is C18H23ClN6O3. The van der Waals surface area contributed by atoms with Gasteiger partial charge in [0, 0.05) is 50.9 Å². The average Bonchev–Trinajstić information content (AvgIpc) is 3.16. The maximum absolute atomic E-state index is 12.4. The van der Waals surface area contributed by atoms with Gasteiger partial charge in [-0.15, -0.1) is 0 Å². The third-order valence-corrected chi connectivity index (χ3v) is 4.98. The first-order chi connectivity index (χ1) is 13.3. The van der Waals surface area contributed by atoms with Crippen LogP contribution in [0.2, 0.25) is 5.15 Å². The van der Waals surface area contributed by atoms with Crippen LogP contribution in [0.25, 0.3) is 6.08 Å². The minimum Gasteiger partial charge on any atom is -0.360 e. The molecule has 2 aromatic rings. The third kappa shape index (κ3) is 4.79. The number of hydrogen-bond acceptors (Lipinski definition) is 6. The highest BCUT2D eigenvalue weighted by atomic mass is 35.5. The first kappa shape index (κ1) is 20.1. The van der Waals surface area contributed by atoms with Gasteiger partial charge < -0.3 is 14.7 Å². The summed E-state index contributed by atoms with van der Waals surface area (Å²) in [6.07, 6.45) is 3.22. The van der Waals surface area contributed by atoms with Gasteiger partial charge in [-0.05, 0) is 19.9 Å². The molecule has 150 valence electrons. The molecule has 1 N–H and O–H groups in total. The Labute approximate surface area is 167 Å². The molecule has 0 radical (unpaired) electrons. The van der Waals surface area contributed by atoms with Gasteiger partial charge in [-0.2, -0.15) is 5.10 Å². The molecule has 1 aliphatic rings. The predicted octanol–water partition coefficient (Wildman–Crippen LogP) is 1.47. The number of rotatable bonds is 5. The number of aromatic nitrogens is 3. The summed E-state index contributed by atoms with van der Waals surface area (Å²) in [4.78, 5) is 28.3. The topological polar surface area (TPSA) is 96.5 Å². The van der Waals surface area contributed by atoms with Gasteiger partial charge in [0.2, 0.25) is 11.8 Å². The highest BCUT2D eigenvalue weighted by Gasteiger charge is 2.21. The Morgan fingerprint density at radius 2 is 2.00 bits per heavy atom. The summed E-state index contributed by atoms with van der Waals surface area (Å²) < 4.78 is 6.50. The zero-order chi connectivity index (χ0) is 20.3. The molecule has 0 spiro atoms. The standard InChI is InChI=1S/C18H23ClN6O3/c1-12-10-15(22-28-12)20-16(26)11-24-6-8-25(9-7-24)17(27)5-4-14-13(2)21-23(3)18(14)19/h4-5,10H,6-9,11H2,1-3H3,(H,20,22,26)/b5-4+. The van der Waals surface area contributed by atoms with Gasteiger partial charge in [0.15, 0.2) is 5.82 Å². The van der Waals surface area contributed by atoms with Crippen LogP contribution in [-0.2, 0) is 16.6 Å². The van der Waals surface area contributed by atoms with Crippen LogP contribution >= 0.6 is 11.6 Å². The lowest BCUT2D eigenvalue weighted by Crippen LogP contribution is -2.50. The van der Waals surface area contributed by atoms with E-state index in [2.05, 4.69) is 15.6 Å². The van der Waals surface area contributed by atoms with E-state index in [-0.39, 0.29) is 18.4 Å². The molecule has 0 aromatic carbocycles. The van der Waals surface area contributed by atoms with E-state index in [1.54, 1.807) is 35.7 Å². The van der Waals surface area contributed by atoms with Gasteiger partial charge in [-0.25, -0.2) is 0 Å². The molecule has 10 heteroatoms. The van der Waals surface area contributed by atoms with E-state index in [9.17, 15) is 9.59 Å². The molecule has 3 heterocycles. The van der Waals surface area contributed by atoms with Crippen molar-refractivity contribution in [2.24, 2.45) is 7.05 Å². The van der Waals surface area contributed by atoms with E-state index in [1.165, 1.54) is 6.08 Å². The molecule has 2 aromatic heterocycles. The van der Waals surface area contributed by atoms with Crippen molar-refractivity contribution in [3.8, 4) is 0 Å². The summed E-state index contributed by atoms with van der Waals surface area (Å²) in [5, 5.41) is 11.2. The van der Waals surface area contributed by atoms with E-state index in [0.29, 0.717) is 42.9 Å². The second-order valence-electron chi connectivity index (χ2n) is 6.72. The first-order valence-electron chi connectivity index (χ1n) is 8.95. The number of amides is 2. The van der Waals surface area contributed by atoms with Gasteiger partial charge >= 0.3 is 0 Å². The molecule has 0 aliphatic carbocycles. The van der Waals surface area contributed by atoms with E-state index >= 15 is 0 Å². The second-order valence-corrected chi connectivity index (χ2v) is 7.08. The lowest BCUT2D eigenvalue weighted by molar-refractivity contribution is -0.127. The van der Waals surface area contributed by atoms with Crippen LogP contribution in [0.3, 0.4) is 0 Å². The Balaban J connectivity index is 1.47. The fourth-order valence-corrected chi connectivity index (χ4v) is 3.27. The summed E-state index contributed by atoms with van der Waals surface area (Å²) in [6.45, 7) is 6.21. The Bertz CT molecular complexity index is 895. The first-order valence-corrected chi connectivity index (χ1v) is 9.33. The lowest BCUT2D eigenvalue weighted by atomic mass is 10.2. The van der Waals surface area contributed by atoms with Crippen molar-refractivity contribution < 1.29 is 14.1 Å².